The smallest absolute Gasteiger partial charge is 0.0462 e. The van der Waals surface area contributed by atoms with Crippen molar-refractivity contribution in [2.24, 2.45) is 11.3 Å². The molecule has 0 aliphatic heterocycles. The quantitative estimate of drug-likeness (QED) is 0.659. The van der Waals surface area contributed by atoms with Gasteiger partial charge in [0.2, 0.25) is 0 Å². The van der Waals surface area contributed by atoms with Crippen molar-refractivity contribution in [1.29, 1.82) is 0 Å². The number of methoxy groups -OCH3 is 1. The van der Waals surface area contributed by atoms with Crippen LogP contribution in [-0.2, 0) is 4.74 Å². The molecule has 0 radical (unpaired) electrons. The van der Waals surface area contributed by atoms with Crippen LogP contribution in [0.25, 0.3) is 0 Å². The highest BCUT2D eigenvalue weighted by atomic mass is 16.5. The van der Waals surface area contributed by atoms with E-state index in [-0.39, 0.29) is 0 Å². The largest absolute Gasteiger partial charge is 0.385 e. The lowest BCUT2D eigenvalue weighted by Crippen LogP contribution is -2.31. The number of ether oxygens (including phenoxy) is 1. The van der Waals surface area contributed by atoms with Gasteiger partial charge in [-0.3, -0.25) is 0 Å². The molecule has 2 heteroatoms. The molecule has 0 saturated carbocycles. The predicted octanol–water partition coefficient (Wildman–Crippen LogP) is 3.07. The Labute approximate surface area is 95.8 Å². The summed E-state index contributed by atoms with van der Waals surface area (Å²) in [4.78, 5) is 0. The third-order valence-corrected chi connectivity index (χ3v) is 3.43. The van der Waals surface area contributed by atoms with Crippen molar-refractivity contribution in [2.45, 2.75) is 53.0 Å². The Morgan fingerprint density at radius 1 is 1.27 bits per heavy atom. The maximum Gasteiger partial charge on any atom is 0.0462 e. The molecule has 0 fully saturated rings. The molecule has 0 amide bonds. The summed E-state index contributed by atoms with van der Waals surface area (Å²) in [5, 5.41) is 3.41. The van der Waals surface area contributed by atoms with Crippen molar-refractivity contribution in [1.82, 2.24) is 5.32 Å². The van der Waals surface area contributed by atoms with Crippen LogP contribution < -0.4 is 5.32 Å². The first kappa shape index (κ1) is 14.9. The molecule has 2 atom stereocenters. The Kier molecular flexibility index (Phi) is 7.20. The van der Waals surface area contributed by atoms with Crippen LogP contribution in [-0.4, -0.2) is 26.8 Å². The highest BCUT2D eigenvalue weighted by molar-refractivity contribution is 4.76. The van der Waals surface area contributed by atoms with Gasteiger partial charge in [-0.1, -0.05) is 27.7 Å². The monoisotopic (exact) mass is 215 g/mol. The average molecular weight is 215 g/mol. The van der Waals surface area contributed by atoms with Gasteiger partial charge in [-0.15, -0.1) is 0 Å². The molecule has 2 unspecified atom stereocenters. The van der Waals surface area contributed by atoms with E-state index in [4.69, 9.17) is 4.74 Å². The first-order valence-corrected chi connectivity index (χ1v) is 6.08. The Bertz CT molecular complexity index is 151. The van der Waals surface area contributed by atoms with Gasteiger partial charge in [-0.05, 0) is 37.6 Å². The first-order valence-electron chi connectivity index (χ1n) is 6.08. The molecule has 2 nitrogen and oxygen atoms in total. The van der Waals surface area contributed by atoms with Gasteiger partial charge in [0.25, 0.3) is 0 Å². The van der Waals surface area contributed by atoms with E-state index in [1.54, 1.807) is 7.11 Å². The highest BCUT2D eigenvalue weighted by Crippen LogP contribution is 2.29. The van der Waals surface area contributed by atoms with Crippen LogP contribution in [0, 0.1) is 11.3 Å². The maximum atomic E-state index is 5.08. The molecule has 15 heavy (non-hydrogen) atoms. The van der Waals surface area contributed by atoms with Crippen LogP contribution >= 0.6 is 0 Å². The summed E-state index contributed by atoms with van der Waals surface area (Å²) in [7, 11) is 3.83. The predicted molar refractivity (Wildman–Crippen MR) is 67.2 cm³/mol. The van der Waals surface area contributed by atoms with Gasteiger partial charge in [0.05, 0.1) is 0 Å². The van der Waals surface area contributed by atoms with Crippen molar-refractivity contribution in [3.05, 3.63) is 0 Å². The van der Waals surface area contributed by atoms with Gasteiger partial charge in [0.15, 0.2) is 0 Å². The molecule has 0 aromatic rings. The van der Waals surface area contributed by atoms with Crippen LogP contribution in [0.5, 0.6) is 0 Å². The van der Waals surface area contributed by atoms with Gasteiger partial charge in [0, 0.05) is 19.8 Å². The topological polar surface area (TPSA) is 21.3 Å². The molecule has 0 rings (SSSR count). The number of rotatable bonds is 7. The summed E-state index contributed by atoms with van der Waals surface area (Å²) in [6.07, 6.45) is 3.62. The van der Waals surface area contributed by atoms with Gasteiger partial charge >= 0.3 is 0 Å². The Balaban J connectivity index is 3.88. The third kappa shape index (κ3) is 6.91. The van der Waals surface area contributed by atoms with E-state index < -0.39 is 0 Å². The van der Waals surface area contributed by atoms with Crippen molar-refractivity contribution >= 4 is 0 Å². The molecule has 0 bridgehead atoms. The molecule has 0 aliphatic carbocycles. The second-order valence-corrected chi connectivity index (χ2v) is 5.62. The van der Waals surface area contributed by atoms with Crippen LogP contribution in [0.15, 0.2) is 0 Å². The minimum Gasteiger partial charge on any atom is -0.385 e. The van der Waals surface area contributed by atoms with Crippen molar-refractivity contribution < 1.29 is 4.74 Å². The van der Waals surface area contributed by atoms with E-state index in [0.29, 0.717) is 11.5 Å². The van der Waals surface area contributed by atoms with Gasteiger partial charge in [-0.2, -0.15) is 0 Å². The normalized spacial score (nSPS) is 16.4. The summed E-state index contributed by atoms with van der Waals surface area (Å²) >= 11 is 0. The Hall–Kier alpha value is -0.0800. The van der Waals surface area contributed by atoms with Crippen LogP contribution in [0.2, 0.25) is 0 Å². The van der Waals surface area contributed by atoms with E-state index in [1.165, 1.54) is 12.8 Å². The van der Waals surface area contributed by atoms with Crippen molar-refractivity contribution in [2.75, 3.05) is 20.8 Å². The van der Waals surface area contributed by atoms with Crippen LogP contribution in [0.4, 0.5) is 0 Å². The van der Waals surface area contributed by atoms with E-state index in [9.17, 15) is 0 Å². The zero-order chi connectivity index (χ0) is 11.9. The summed E-state index contributed by atoms with van der Waals surface area (Å²) in [5.41, 5.74) is 0.413. The minimum atomic E-state index is 0.413. The first-order chi connectivity index (χ1) is 6.91. The molecule has 0 aromatic heterocycles. The van der Waals surface area contributed by atoms with Crippen LogP contribution in [0.1, 0.15) is 47.0 Å². The maximum absolute atomic E-state index is 5.08. The van der Waals surface area contributed by atoms with Crippen molar-refractivity contribution in [3.8, 4) is 0 Å². The lowest BCUT2D eigenvalue weighted by atomic mass is 9.78. The van der Waals surface area contributed by atoms with E-state index >= 15 is 0 Å². The fraction of sp³-hybridized carbons (Fsp3) is 1.00. The molecule has 1 N–H and O–H groups in total. The number of hydrogen-bond acceptors (Lipinski definition) is 2. The van der Waals surface area contributed by atoms with Gasteiger partial charge in [-0.25, -0.2) is 0 Å². The number of nitrogens with one attached hydrogen (secondary N) is 1. The lowest BCUT2D eigenvalue weighted by molar-refractivity contribution is 0.180. The SMILES string of the molecule is CNC(CCCOC)CC(C)C(C)(C)C. The number of hydrogen-bond donors (Lipinski definition) is 1. The second-order valence-electron chi connectivity index (χ2n) is 5.62. The Morgan fingerprint density at radius 3 is 2.27 bits per heavy atom. The summed E-state index contributed by atoms with van der Waals surface area (Å²) in [6, 6.07) is 0.634. The van der Waals surface area contributed by atoms with Gasteiger partial charge < -0.3 is 10.1 Å². The Morgan fingerprint density at radius 2 is 1.87 bits per heavy atom. The molecular formula is C13H29NO. The molecule has 0 aliphatic rings. The van der Waals surface area contributed by atoms with Crippen molar-refractivity contribution in [3.63, 3.8) is 0 Å². The molecule has 92 valence electrons. The molecule has 0 saturated heterocycles. The van der Waals surface area contributed by atoms with E-state index in [1.807, 2.05) is 0 Å². The molecule has 0 spiro atoms. The fourth-order valence-electron chi connectivity index (χ4n) is 1.63. The van der Waals surface area contributed by atoms with Crippen LogP contribution in [0.3, 0.4) is 0 Å². The molecular weight excluding hydrogens is 186 g/mol. The van der Waals surface area contributed by atoms with E-state index in [2.05, 4.69) is 40.1 Å². The summed E-state index contributed by atoms with van der Waals surface area (Å²) in [6.45, 7) is 10.2. The summed E-state index contributed by atoms with van der Waals surface area (Å²) < 4.78 is 5.08. The highest BCUT2D eigenvalue weighted by Gasteiger charge is 2.22. The average Bonchev–Trinajstić information content (AvgIpc) is 2.14. The zero-order valence-electron chi connectivity index (χ0n) is 11.4. The van der Waals surface area contributed by atoms with Gasteiger partial charge in [0.1, 0.15) is 0 Å². The van der Waals surface area contributed by atoms with E-state index in [0.717, 1.165) is 18.9 Å². The fourth-order valence-corrected chi connectivity index (χ4v) is 1.63. The molecule has 0 heterocycles. The third-order valence-electron chi connectivity index (χ3n) is 3.43. The lowest BCUT2D eigenvalue weighted by Gasteiger charge is -2.30. The minimum absolute atomic E-state index is 0.413. The summed E-state index contributed by atoms with van der Waals surface area (Å²) in [5.74, 6) is 0.748. The molecule has 0 aromatic carbocycles. The second kappa shape index (κ2) is 7.24. The zero-order valence-corrected chi connectivity index (χ0v) is 11.4. The standard InChI is InChI=1S/C13H29NO/c1-11(13(2,3)4)10-12(14-5)8-7-9-15-6/h11-12,14H,7-10H2,1-6H3.